The van der Waals surface area contributed by atoms with E-state index in [0.717, 1.165) is 19.5 Å². The molecule has 0 bridgehead atoms. The predicted molar refractivity (Wildman–Crippen MR) is 64.4 cm³/mol. The van der Waals surface area contributed by atoms with Crippen LogP contribution in [0.15, 0.2) is 6.20 Å². The molecule has 0 aliphatic carbocycles. The molecule has 1 fully saturated rings. The van der Waals surface area contributed by atoms with Crippen molar-refractivity contribution in [2.75, 3.05) is 13.1 Å². The molecule has 0 aromatic carbocycles. The van der Waals surface area contributed by atoms with Gasteiger partial charge in [0.1, 0.15) is 0 Å². The average Bonchev–Trinajstić information content (AvgIpc) is 2.60. The summed E-state index contributed by atoms with van der Waals surface area (Å²) < 4.78 is 2.17. The number of nitrogens with one attached hydrogen (secondary N) is 1. The molecule has 0 saturated carbocycles. The van der Waals surface area contributed by atoms with Crippen LogP contribution in [-0.4, -0.2) is 28.1 Å². The van der Waals surface area contributed by atoms with Crippen LogP contribution in [0.25, 0.3) is 0 Å². The van der Waals surface area contributed by atoms with Crippen molar-refractivity contribution >= 4 is 0 Å². The first-order chi connectivity index (χ1) is 7.92. The van der Waals surface area contributed by atoms with Crippen molar-refractivity contribution in [3.8, 4) is 0 Å². The summed E-state index contributed by atoms with van der Waals surface area (Å²) >= 11 is 0. The van der Waals surface area contributed by atoms with E-state index >= 15 is 0 Å². The zero-order chi connectivity index (χ0) is 11.2. The van der Waals surface area contributed by atoms with Crippen LogP contribution in [0.4, 0.5) is 0 Å². The van der Waals surface area contributed by atoms with Crippen LogP contribution >= 0.6 is 0 Å². The van der Waals surface area contributed by atoms with Gasteiger partial charge in [0.25, 0.3) is 0 Å². The van der Waals surface area contributed by atoms with Gasteiger partial charge in [0.15, 0.2) is 0 Å². The summed E-state index contributed by atoms with van der Waals surface area (Å²) in [5.41, 5.74) is 1.31. The van der Waals surface area contributed by atoms with E-state index in [1.54, 1.807) is 0 Å². The molecule has 1 aliphatic rings. The molecular weight excluding hydrogens is 200 g/mol. The van der Waals surface area contributed by atoms with Gasteiger partial charge < -0.3 is 5.32 Å². The first-order valence-electron chi connectivity index (χ1n) is 6.51. The second-order valence-corrected chi connectivity index (χ2v) is 4.61. The third-order valence-corrected chi connectivity index (χ3v) is 3.33. The van der Waals surface area contributed by atoms with E-state index < -0.39 is 0 Å². The Labute approximate surface area is 97.4 Å². The maximum atomic E-state index is 4.27. The Bertz CT molecular complexity index is 300. The molecule has 0 radical (unpaired) electrons. The average molecular weight is 222 g/mol. The minimum atomic E-state index is 0.560. The smallest absolute Gasteiger partial charge is 0.0725 e. The topological polar surface area (TPSA) is 42.7 Å². The largest absolute Gasteiger partial charge is 0.317 e. The Morgan fingerprint density at radius 3 is 3.25 bits per heavy atom. The van der Waals surface area contributed by atoms with Crippen LogP contribution in [0.2, 0.25) is 0 Å². The van der Waals surface area contributed by atoms with E-state index in [1.165, 1.54) is 37.8 Å². The fourth-order valence-corrected chi connectivity index (χ4v) is 2.35. The van der Waals surface area contributed by atoms with E-state index in [4.69, 9.17) is 0 Å². The Kier molecular flexibility index (Phi) is 4.34. The minimum absolute atomic E-state index is 0.560. The molecule has 1 aliphatic heterocycles. The molecule has 2 heterocycles. The molecule has 4 heteroatoms. The lowest BCUT2D eigenvalue weighted by Crippen LogP contribution is -2.17. The van der Waals surface area contributed by atoms with Crippen molar-refractivity contribution in [1.82, 2.24) is 20.3 Å². The summed E-state index contributed by atoms with van der Waals surface area (Å²) in [5, 5.41) is 11.8. The standard InChI is InChI=1S/C12H22N4/c1-2-3-5-12-10-14-15-16(12)11-6-4-8-13-9-7-11/h10-11,13H,2-9H2,1H3. The monoisotopic (exact) mass is 222 g/mol. The van der Waals surface area contributed by atoms with Crippen molar-refractivity contribution in [2.24, 2.45) is 0 Å². The zero-order valence-corrected chi connectivity index (χ0v) is 10.2. The molecule has 1 unspecified atom stereocenters. The second-order valence-electron chi connectivity index (χ2n) is 4.61. The molecule has 1 N–H and O–H groups in total. The number of rotatable bonds is 4. The fourth-order valence-electron chi connectivity index (χ4n) is 2.35. The number of hydrogen-bond donors (Lipinski definition) is 1. The normalized spacial score (nSPS) is 21.9. The lowest BCUT2D eigenvalue weighted by molar-refractivity contribution is 0.391. The number of hydrogen-bond acceptors (Lipinski definition) is 3. The molecule has 2 rings (SSSR count). The highest BCUT2D eigenvalue weighted by atomic mass is 15.4. The lowest BCUT2D eigenvalue weighted by Gasteiger charge is -2.16. The molecule has 0 amide bonds. The van der Waals surface area contributed by atoms with E-state index in [0.29, 0.717) is 6.04 Å². The highest BCUT2D eigenvalue weighted by molar-refractivity contribution is 4.96. The number of nitrogens with zero attached hydrogens (tertiary/aromatic N) is 3. The Balaban J connectivity index is 2.03. The Morgan fingerprint density at radius 1 is 1.44 bits per heavy atom. The van der Waals surface area contributed by atoms with Gasteiger partial charge in [-0.05, 0) is 45.2 Å². The molecule has 1 atom stereocenters. The van der Waals surface area contributed by atoms with Crippen LogP contribution in [0.5, 0.6) is 0 Å². The van der Waals surface area contributed by atoms with E-state index in [1.807, 2.05) is 6.20 Å². The predicted octanol–water partition coefficient (Wildman–Crippen LogP) is 1.94. The van der Waals surface area contributed by atoms with Crippen LogP contribution < -0.4 is 5.32 Å². The Morgan fingerprint density at radius 2 is 2.38 bits per heavy atom. The van der Waals surface area contributed by atoms with Crippen molar-refractivity contribution in [2.45, 2.75) is 51.5 Å². The second kappa shape index (κ2) is 5.99. The maximum absolute atomic E-state index is 4.27. The number of unbranched alkanes of at least 4 members (excludes halogenated alkanes) is 1. The molecule has 16 heavy (non-hydrogen) atoms. The summed E-state index contributed by atoms with van der Waals surface area (Å²) in [6, 6.07) is 0.560. The van der Waals surface area contributed by atoms with E-state index in [-0.39, 0.29) is 0 Å². The third-order valence-electron chi connectivity index (χ3n) is 3.33. The zero-order valence-electron chi connectivity index (χ0n) is 10.2. The van der Waals surface area contributed by atoms with Gasteiger partial charge in [0.2, 0.25) is 0 Å². The van der Waals surface area contributed by atoms with Gasteiger partial charge in [-0.2, -0.15) is 0 Å². The van der Waals surface area contributed by atoms with Crippen LogP contribution in [0.3, 0.4) is 0 Å². The number of aryl methyl sites for hydroxylation is 1. The van der Waals surface area contributed by atoms with E-state index in [9.17, 15) is 0 Å². The third kappa shape index (κ3) is 2.82. The first kappa shape index (κ1) is 11.6. The molecule has 1 saturated heterocycles. The van der Waals surface area contributed by atoms with Crippen molar-refractivity contribution in [1.29, 1.82) is 0 Å². The fraction of sp³-hybridized carbons (Fsp3) is 0.833. The summed E-state index contributed by atoms with van der Waals surface area (Å²) in [4.78, 5) is 0. The highest BCUT2D eigenvalue weighted by Gasteiger charge is 2.17. The van der Waals surface area contributed by atoms with Crippen molar-refractivity contribution in [3.63, 3.8) is 0 Å². The van der Waals surface area contributed by atoms with Gasteiger partial charge in [-0.15, -0.1) is 5.10 Å². The highest BCUT2D eigenvalue weighted by Crippen LogP contribution is 2.20. The van der Waals surface area contributed by atoms with Gasteiger partial charge in [-0.3, -0.25) is 0 Å². The summed E-state index contributed by atoms with van der Waals surface area (Å²) in [7, 11) is 0. The van der Waals surface area contributed by atoms with Gasteiger partial charge in [-0.1, -0.05) is 18.6 Å². The Hall–Kier alpha value is -0.900. The summed E-state index contributed by atoms with van der Waals surface area (Å²) in [5.74, 6) is 0. The van der Waals surface area contributed by atoms with Crippen LogP contribution in [-0.2, 0) is 6.42 Å². The molecule has 90 valence electrons. The van der Waals surface area contributed by atoms with Gasteiger partial charge in [0.05, 0.1) is 17.9 Å². The molecule has 1 aromatic rings. The van der Waals surface area contributed by atoms with E-state index in [2.05, 4.69) is 27.2 Å². The summed E-state index contributed by atoms with van der Waals surface area (Å²) in [6.07, 6.45) is 9.19. The van der Waals surface area contributed by atoms with Gasteiger partial charge >= 0.3 is 0 Å². The van der Waals surface area contributed by atoms with Crippen molar-refractivity contribution < 1.29 is 0 Å². The van der Waals surface area contributed by atoms with Gasteiger partial charge in [-0.25, -0.2) is 4.68 Å². The molecule has 0 spiro atoms. The minimum Gasteiger partial charge on any atom is -0.317 e. The van der Waals surface area contributed by atoms with Crippen LogP contribution in [0.1, 0.15) is 50.8 Å². The van der Waals surface area contributed by atoms with Gasteiger partial charge in [0, 0.05) is 0 Å². The van der Waals surface area contributed by atoms with Crippen LogP contribution in [0, 0.1) is 0 Å². The molecule has 1 aromatic heterocycles. The quantitative estimate of drug-likeness (QED) is 0.846. The number of aromatic nitrogens is 3. The lowest BCUT2D eigenvalue weighted by atomic mass is 10.1. The molecular formula is C12H22N4. The maximum Gasteiger partial charge on any atom is 0.0725 e. The van der Waals surface area contributed by atoms with Crippen molar-refractivity contribution in [3.05, 3.63) is 11.9 Å². The first-order valence-corrected chi connectivity index (χ1v) is 6.51. The summed E-state index contributed by atoms with van der Waals surface area (Å²) in [6.45, 7) is 4.48. The molecule has 4 nitrogen and oxygen atoms in total. The SMILES string of the molecule is CCCCc1cnnn1C1CCCNCC1.